The van der Waals surface area contributed by atoms with E-state index in [9.17, 15) is 0 Å². The summed E-state index contributed by atoms with van der Waals surface area (Å²) in [7, 11) is -3.63. The Kier molecular flexibility index (Phi) is 7.46. The molecule has 0 aliphatic carbocycles. The first-order valence-electron chi connectivity index (χ1n) is 15.8. The van der Waals surface area contributed by atoms with Crippen LogP contribution in [0.2, 0.25) is 0 Å². The molecule has 0 unspecified atom stereocenters. The lowest BCUT2D eigenvalue weighted by molar-refractivity contribution is 0.593. The molecule has 0 radical (unpaired) electrons. The molecule has 48 heavy (non-hydrogen) atoms. The van der Waals surface area contributed by atoms with Crippen LogP contribution in [-0.2, 0) is 4.57 Å². The van der Waals surface area contributed by atoms with Crippen molar-refractivity contribution in [3.63, 3.8) is 0 Å². The van der Waals surface area contributed by atoms with Crippen molar-refractivity contribution >= 4 is 62.9 Å². The molecule has 8 rings (SSSR count). The molecule has 0 bridgehead atoms. The summed E-state index contributed by atoms with van der Waals surface area (Å²) in [6.45, 7) is 7.85. The largest absolute Gasteiger partial charge is 0.310 e. The number of para-hydroxylation sites is 4. The highest BCUT2D eigenvalue weighted by atomic mass is 31.2. The number of benzene rings is 7. The zero-order valence-corrected chi connectivity index (χ0v) is 26.9. The van der Waals surface area contributed by atoms with Crippen LogP contribution >= 0.6 is 7.14 Å². The van der Waals surface area contributed by atoms with Gasteiger partial charge < -0.3 is 14.4 Å². The molecule has 0 aromatic heterocycles. The normalized spacial score (nSPS) is 12.4. The number of fused-ring (bicyclic) bond motifs is 3. The second kappa shape index (κ2) is 12.2. The maximum absolute atomic E-state index is 16.7. The van der Waals surface area contributed by atoms with E-state index in [0.29, 0.717) is 11.0 Å². The Balaban J connectivity index is 1.48. The Bertz CT molecular complexity index is 2120. The van der Waals surface area contributed by atoms with Gasteiger partial charge in [0.2, 0.25) is 0 Å². The van der Waals surface area contributed by atoms with Gasteiger partial charge in [0.15, 0.2) is 12.8 Å². The Morgan fingerprint density at radius 2 is 0.812 bits per heavy atom. The zero-order valence-electron chi connectivity index (χ0n) is 26.0. The molecule has 4 nitrogen and oxygen atoms in total. The van der Waals surface area contributed by atoms with Gasteiger partial charge in [-0.05, 0) is 77.9 Å². The van der Waals surface area contributed by atoms with Crippen molar-refractivity contribution in [2.45, 2.75) is 0 Å². The molecular weight excluding hydrogens is 605 g/mol. The first-order valence-corrected chi connectivity index (χ1v) is 17.6. The van der Waals surface area contributed by atoms with Gasteiger partial charge in [-0.3, -0.25) is 0 Å². The lowest BCUT2D eigenvalue weighted by atomic mass is 10.0. The molecule has 228 valence electrons. The Morgan fingerprint density at radius 3 is 1.19 bits per heavy atom. The minimum absolute atomic E-state index is 0.457. The van der Waals surface area contributed by atoms with Crippen LogP contribution in [0.25, 0.3) is 16.0 Å². The third-order valence-electron chi connectivity index (χ3n) is 8.81. The minimum atomic E-state index is -3.63. The maximum Gasteiger partial charge on any atom is 0.188 e. The van der Waals surface area contributed by atoms with Gasteiger partial charge in [0.05, 0.1) is 28.6 Å². The van der Waals surface area contributed by atoms with Crippen molar-refractivity contribution < 1.29 is 4.57 Å². The van der Waals surface area contributed by atoms with Crippen molar-refractivity contribution in [2.75, 3.05) is 9.80 Å². The maximum atomic E-state index is 16.7. The van der Waals surface area contributed by atoms with Crippen molar-refractivity contribution in [3.8, 4) is 11.1 Å². The second-order valence-corrected chi connectivity index (χ2v) is 14.2. The van der Waals surface area contributed by atoms with Gasteiger partial charge in [-0.1, -0.05) is 115 Å². The highest BCUT2D eigenvalue weighted by Crippen LogP contribution is 2.59. The van der Waals surface area contributed by atoms with Gasteiger partial charge in [0.1, 0.15) is 0 Å². The summed E-state index contributed by atoms with van der Waals surface area (Å²) in [6, 6.07) is 60.7. The third kappa shape index (κ3) is 4.81. The number of rotatable bonds is 7. The first kappa shape index (κ1) is 29.3. The lowest BCUT2D eigenvalue weighted by Gasteiger charge is -2.31. The Hall–Kier alpha value is -6.14. The van der Waals surface area contributed by atoms with E-state index < -0.39 is 7.14 Å². The average molecular weight is 636 g/mol. The molecule has 5 heteroatoms. The molecule has 0 spiro atoms. The highest BCUT2D eigenvalue weighted by Gasteiger charge is 2.46. The molecule has 0 saturated heterocycles. The fourth-order valence-corrected chi connectivity index (χ4v) is 10.2. The van der Waals surface area contributed by atoms with Gasteiger partial charge in [-0.25, -0.2) is 4.85 Å². The SMILES string of the molecule is [C-]#[N+]c1cccc(P2(=O)c3c(cccc3N(c3ccccc3)c3ccccc3)-c3cccc(N(c4ccccc4)c4ccccc4)c32)c1. The predicted octanol–water partition coefficient (Wildman–Crippen LogP) is 10.8. The fraction of sp³-hybridized carbons (Fsp3) is 0. The van der Waals surface area contributed by atoms with Crippen molar-refractivity contribution in [2.24, 2.45) is 0 Å². The molecule has 1 aliphatic rings. The summed E-state index contributed by atoms with van der Waals surface area (Å²) in [4.78, 5) is 8.15. The molecule has 1 heterocycles. The van der Waals surface area contributed by atoms with E-state index in [0.717, 1.165) is 55.9 Å². The summed E-state index contributed by atoms with van der Waals surface area (Å²) in [5.74, 6) is 0. The van der Waals surface area contributed by atoms with Crippen molar-refractivity contribution in [1.82, 2.24) is 0 Å². The van der Waals surface area contributed by atoms with E-state index in [1.54, 1.807) is 6.07 Å². The smallest absolute Gasteiger partial charge is 0.188 e. The van der Waals surface area contributed by atoms with Crippen molar-refractivity contribution in [3.05, 3.63) is 193 Å². The van der Waals surface area contributed by atoms with E-state index in [2.05, 4.69) is 99.6 Å². The predicted molar refractivity (Wildman–Crippen MR) is 200 cm³/mol. The minimum Gasteiger partial charge on any atom is -0.310 e. The van der Waals surface area contributed by atoms with Gasteiger partial charge in [-0.2, -0.15) is 0 Å². The standard InChI is InChI=1S/C43H30N3OP/c1-44-32-17-14-26-37(31-32)48(47)42-38(27-15-29-40(42)45(33-18-6-2-7-19-33)34-20-8-3-9-21-34)39-28-16-30-41(43(39)48)46(35-22-10-4-11-23-35)36-24-12-5-13-25-36/h2-31H. The van der Waals surface area contributed by atoms with E-state index in [1.165, 1.54) is 0 Å². The van der Waals surface area contributed by atoms with Gasteiger partial charge in [0.25, 0.3) is 0 Å². The Labute approximate surface area is 281 Å². The summed E-state index contributed by atoms with van der Waals surface area (Å²) >= 11 is 0. The highest BCUT2D eigenvalue weighted by molar-refractivity contribution is 7.87. The van der Waals surface area contributed by atoms with Gasteiger partial charge in [0, 0.05) is 28.1 Å². The third-order valence-corrected chi connectivity index (χ3v) is 12.0. The van der Waals surface area contributed by atoms with E-state index in [1.807, 2.05) is 91.0 Å². The molecule has 7 aromatic rings. The second-order valence-electron chi connectivity index (χ2n) is 11.6. The molecule has 0 N–H and O–H groups in total. The van der Waals surface area contributed by atoms with Crippen LogP contribution in [0.1, 0.15) is 0 Å². The lowest BCUT2D eigenvalue weighted by Crippen LogP contribution is -2.28. The van der Waals surface area contributed by atoms with Gasteiger partial charge >= 0.3 is 0 Å². The summed E-state index contributed by atoms with van der Waals surface area (Å²) in [6.07, 6.45) is 0. The van der Waals surface area contributed by atoms with Crippen LogP contribution in [0.4, 0.5) is 39.8 Å². The summed E-state index contributed by atoms with van der Waals surface area (Å²) in [5.41, 5.74) is 7.85. The number of anilines is 6. The van der Waals surface area contributed by atoms with E-state index >= 15 is 4.57 Å². The molecule has 0 saturated carbocycles. The number of nitrogens with zero attached hydrogens (tertiary/aromatic N) is 3. The van der Waals surface area contributed by atoms with E-state index in [4.69, 9.17) is 6.57 Å². The quantitative estimate of drug-likeness (QED) is 0.129. The fourth-order valence-electron chi connectivity index (χ4n) is 6.81. The summed E-state index contributed by atoms with van der Waals surface area (Å²) in [5, 5.41) is 2.17. The molecule has 0 amide bonds. The van der Waals surface area contributed by atoms with Crippen LogP contribution in [0.15, 0.2) is 182 Å². The molecule has 0 fully saturated rings. The van der Waals surface area contributed by atoms with Crippen molar-refractivity contribution in [1.29, 1.82) is 0 Å². The monoisotopic (exact) mass is 635 g/mol. The van der Waals surface area contributed by atoms with Crippen LogP contribution in [0.5, 0.6) is 0 Å². The first-order chi connectivity index (χ1) is 23.7. The molecule has 1 aliphatic heterocycles. The Morgan fingerprint density at radius 1 is 0.438 bits per heavy atom. The molecular formula is C43H30N3OP. The van der Waals surface area contributed by atoms with E-state index in [-0.39, 0.29) is 0 Å². The molecule has 0 atom stereocenters. The topological polar surface area (TPSA) is 27.9 Å². The van der Waals surface area contributed by atoms with Crippen LogP contribution in [-0.4, -0.2) is 0 Å². The number of hydrogen-bond donors (Lipinski definition) is 0. The zero-order chi connectivity index (χ0) is 32.5. The van der Waals surface area contributed by atoms with Crippen LogP contribution in [0, 0.1) is 6.57 Å². The van der Waals surface area contributed by atoms with Crippen LogP contribution in [0.3, 0.4) is 0 Å². The average Bonchev–Trinajstić information content (AvgIpc) is 3.44. The molecule has 7 aromatic carbocycles. The number of hydrogen-bond acceptors (Lipinski definition) is 3. The van der Waals surface area contributed by atoms with Gasteiger partial charge in [-0.15, -0.1) is 0 Å². The van der Waals surface area contributed by atoms with Crippen LogP contribution < -0.4 is 25.7 Å². The summed E-state index contributed by atoms with van der Waals surface area (Å²) < 4.78 is 16.7.